The smallest absolute Gasteiger partial charge is 0.235 e. The largest absolute Gasteiger partial charge is 0.481 e. The zero-order valence-electron chi connectivity index (χ0n) is 15.0. The number of hydrogen-bond acceptors (Lipinski definition) is 3. The van der Waals surface area contributed by atoms with E-state index in [1.165, 1.54) is 0 Å². The van der Waals surface area contributed by atoms with Crippen LogP contribution < -0.4 is 10.2 Å². The molecule has 3 nitrogen and oxygen atoms in total. The third kappa shape index (κ3) is 3.77. The van der Waals surface area contributed by atoms with E-state index in [1.54, 1.807) is 42.5 Å². The van der Waals surface area contributed by atoms with Gasteiger partial charge in [0.2, 0.25) is 11.2 Å². The Labute approximate surface area is 172 Å². The molecule has 0 spiro atoms. The van der Waals surface area contributed by atoms with Crippen LogP contribution in [0.1, 0.15) is 11.1 Å². The van der Waals surface area contributed by atoms with E-state index in [2.05, 4.69) is 0 Å². The molecule has 0 saturated carbocycles. The number of hydrogen-bond donors (Lipinski definition) is 0. The molecule has 0 fully saturated rings. The molecule has 0 N–H and O–H groups in total. The SMILES string of the molecule is Cc1ccc2c(=O)c(OCc3ccc(Cl)cc3)c(-c3ccc(Cl)cc3)oc2c1. The lowest BCUT2D eigenvalue weighted by Gasteiger charge is -2.12. The highest BCUT2D eigenvalue weighted by Crippen LogP contribution is 2.32. The van der Waals surface area contributed by atoms with E-state index in [1.807, 2.05) is 31.2 Å². The summed E-state index contributed by atoms with van der Waals surface area (Å²) >= 11 is 11.9. The van der Waals surface area contributed by atoms with E-state index >= 15 is 0 Å². The molecule has 0 amide bonds. The Bertz CT molecular complexity index is 1190. The summed E-state index contributed by atoms with van der Waals surface area (Å²) in [6.45, 7) is 2.17. The van der Waals surface area contributed by atoms with Crippen molar-refractivity contribution in [3.8, 4) is 17.1 Å². The number of benzene rings is 3. The Morgan fingerprint density at radius 3 is 2.21 bits per heavy atom. The first-order chi connectivity index (χ1) is 13.5. The predicted molar refractivity (Wildman–Crippen MR) is 113 cm³/mol. The summed E-state index contributed by atoms with van der Waals surface area (Å²) < 4.78 is 12.0. The monoisotopic (exact) mass is 410 g/mol. The van der Waals surface area contributed by atoms with Crippen molar-refractivity contribution in [3.05, 3.63) is 98.1 Å². The molecule has 4 aromatic rings. The molecule has 3 aromatic carbocycles. The van der Waals surface area contributed by atoms with Crippen LogP contribution in [0.15, 0.2) is 75.9 Å². The van der Waals surface area contributed by atoms with Crippen LogP contribution in [0.5, 0.6) is 5.75 Å². The molecule has 0 atom stereocenters. The zero-order chi connectivity index (χ0) is 19.7. The Morgan fingerprint density at radius 1 is 0.893 bits per heavy atom. The van der Waals surface area contributed by atoms with Gasteiger partial charge in [-0.1, -0.05) is 41.4 Å². The minimum absolute atomic E-state index is 0.175. The van der Waals surface area contributed by atoms with Gasteiger partial charge in [0.15, 0.2) is 5.76 Å². The van der Waals surface area contributed by atoms with Gasteiger partial charge in [-0.05, 0) is 66.6 Å². The summed E-state index contributed by atoms with van der Waals surface area (Å²) in [5.74, 6) is 0.558. The fourth-order valence-electron chi connectivity index (χ4n) is 2.94. The fraction of sp³-hybridized carbons (Fsp3) is 0.0870. The van der Waals surface area contributed by atoms with Crippen molar-refractivity contribution >= 4 is 34.2 Å². The first-order valence-corrected chi connectivity index (χ1v) is 9.47. The molecule has 0 radical (unpaired) electrons. The molecule has 1 heterocycles. The average molecular weight is 411 g/mol. The highest BCUT2D eigenvalue weighted by molar-refractivity contribution is 6.30. The second-order valence-electron chi connectivity index (χ2n) is 6.51. The van der Waals surface area contributed by atoms with Crippen LogP contribution in [0.4, 0.5) is 0 Å². The van der Waals surface area contributed by atoms with Crippen LogP contribution >= 0.6 is 23.2 Å². The Balaban J connectivity index is 1.84. The Hall–Kier alpha value is -2.75. The van der Waals surface area contributed by atoms with Crippen LogP contribution in [-0.4, -0.2) is 0 Å². The topological polar surface area (TPSA) is 39.4 Å². The quantitative estimate of drug-likeness (QED) is 0.377. The maximum absolute atomic E-state index is 13.1. The van der Waals surface area contributed by atoms with Gasteiger partial charge in [0, 0.05) is 15.6 Å². The number of ether oxygens (including phenoxy) is 1. The predicted octanol–water partition coefficient (Wildman–Crippen LogP) is 6.65. The summed E-state index contributed by atoms with van der Waals surface area (Å²) in [6, 6.07) is 19.9. The number of rotatable bonds is 4. The van der Waals surface area contributed by atoms with Crippen molar-refractivity contribution < 1.29 is 9.15 Å². The second kappa shape index (κ2) is 7.70. The van der Waals surface area contributed by atoms with Gasteiger partial charge in [0.1, 0.15) is 12.2 Å². The van der Waals surface area contributed by atoms with Crippen molar-refractivity contribution in [2.24, 2.45) is 0 Å². The van der Waals surface area contributed by atoms with E-state index < -0.39 is 0 Å². The van der Waals surface area contributed by atoms with Gasteiger partial charge in [-0.15, -0.1) is 0 Å². The third-order valence-electron chi connectivity index (χ3n) is 4.41. The molecule has 4 rings (SSSR count). The molecule has 140 valence electrons. The number of fused-ring (bicyclic) bond motifs is 1. The molecule has 0 aliphatic rings. The molecule has 5 heteroatoms. The van der Waals surface area contributed by atoms with Crippen LogP contribution in [0.3, 0.4) is 0 Å². The van der Waals surface area contributed by atoms with Gasteiger partial charge in [-0.3, -0.25) is 4.79 Å². The average Bonchev–Trinajstić information content (AvgIpc) is 2.69. The summed E-state index contributed by atoms with van der Waals surface area (Å²) in [5, 5.41) is 1.73. The molecule has 0 bridgehead atoms. The van der Waals surface area contributed by atoms with Gasteiger partial charge in [0.05, 0.1) is 5.39 Å². The van der Waals surface area contributed by atoms with Gasteiger partial charge in [0.25, 0.3) is 0 Å². The van der Waals surface area contributed by atoms with Gasteiger partial charge in [-0.2, -0.15) is 0 Å². The molecular formula is C23H16Cl2O3. The molecule has 1 aromatic heterocycles. The zero-order valence-corrected chi connectivity index (χ0v) is 16.6. The van der Waals surface area contributed by atoms with Crippen LogP contribution in [0, 0.1) is 6.92 Å². The van der Waals surface area contributed by atoms with Crippen molar-refractivity contribution in [2.45, 2.75) is 13.5 Å². The maximum Gasteiger partial charge on any atom is 0.235 e. The normalized spacial score (nSPS) is 11.0. The van der Waals surface area contributed by atoms with E-state index in [0.717, 1.165) is 16.7 Å². The number of aryl methyl sites for hydroxylation is 1. The van der Waals surface area contributed by atoms with Crippen molar-refractivity contribution in [2.75, 3.05) is 0 Å². The summed E-state index contributed by atoms with van der Waals surface area (Å²) in [6.07, 6.45) is 0. The van der Waals surface area contributed by atoms with Crippen LogP contribution in [-0.2, 0) is 6.61 Å². The lowest BCUT2D eigenvalue weighted by atomic mass is 10.1. The lowest BCUT2D eigenvalue weighted by molar-refractivity contribution is 0.298. The van der Waals surface area contributed by atoms with Crippen LogP contribution in [0.2, 0.25) is 10.0 Å². The molecule has 0 aliphatic carbocycles. The molecule has 0 saturated heterocycles. The van der Waals surface area contributed by atoms with Gasteiger partial charge < -0.3 is 9.15 Å². The van der Waals surface area contributed by atoms with Crippen molar-refractivity contribution in [1.29, 1.82) is 0 Å². The highest BCUT2D eigenvalue weighted by Gasteiger charge is 2.18. The standard InChI is InChI=1S/C23H16Cl2O3/c1-14-2-11-19-20(12-14)28-22(16-5-9-18(25)10-6-16)23(21(19)26)27-13-15-3-7-17(24)8-4-15/h2-12H,13H2,1H3. The van der Waals surface area contributed by atoms with Crippen molar-refractivity contribution in [1.82, 2.24) is 0 Å². The highest BCUT2D eigenvalue weighted by atomic mass is 35.5. The minimum atomic E-state index is -0.208. The van der Waals surface area contributed by atoms with E-state index in [9.17, 15) is 4.79 Å². The summed E-state index contributed by atoms with van der Waals surface area (Å²) in [7, 11) is 0. The molecular weight excluding hydrogens is 395 g/mol. The van der Waals surface area contributed by atoms with E-state index in [0.29, 0.717) is 26.8 Å². The van der Waals surface area contributed by atoms with Gasteiger partial charge in [-0.25, -0.2) is 0 Å². The lowest BCUT2D eigenvalue weighted by Crippen LogP contribution is -2.10. The molecule has 0 unspecified atom stereocenters. The fourth-order valence-corrected chi connectivity index (χ4v) is 3.19. The third-order valence-corrected chi connectivity index (χ3v) is 4.91. The Kier molecular flexibility index (Phi) is 5.12. The molecule has 28 heavy (non-hydrogen) atoms. The summed E-state index contributed by atoms with van der Waals surface area (Å²) in [4.78, 5) is 13.1. The minimum Gasteiger partial charge on any atom is -0.481 e. The Morgan fingerprint density at radius 2 is 1.54 bits per heavy atom. The van der Waals surface area contributed by atoms with E-state index in [4.69, 9.17) is 32.4 Å². The first kappa shape index (κ1) is 18.6. The van der Waals surface area contributed by atoms with Crippen molar-refractivity contribution in [3.63, 3.8) is 0 Å². The van der Waals surface area contributed by atoms with Gasteiger partial charge >= 0.3 is 0 Å². The maximum atomic E-state index is 13.1. The second-order valence-corrected chi connectivity index (χ2v) is 7.38. The first-order valence-electron chi connectivity index (χ1n) is 8.72. The number of halogens is 2. The van der Waals surface area contributed by atoms with E-state index in [-0.39, 0.29) is 17.8 Å². The summed E-state index contributed by atoms with van der Waals surface area (Å²) in [5.41, 5.74) is 2.94. The van der Waals surface area contributed by atoms with Crippen LogP contribution in [0.25, 0.3) is 22.3 Å². The molecule has 0 aliphatic heterocycles.